The maximum Gasteiger partial charge on any atom is 0.236 e. The van der Waals surface area contributed by atoms with Gasteiger partial charge in [0.2, 0.25) is 11.9 Å². The fourth-order valence-corrected chi connectivity index (χ4v) is 4.33. The van der Waals surface area contributed by atoms with Gasteiger partial charge in [0.15, 0.2) is 0 Å². The van der Waals surface area contributed by atoms with Crippen LogP contribution in [0.5, 0.6) is 5.75 Å². The molecule has 0 saturated carbocycles. The molecule has 4 heterocycles. The van der Waals surface area contributed by atoms with Gasteiger partial charge >= 0.3 is 0 Å². The van der Waals surface area contributed by atoms with Crippen molar-refractivity contribution in [3.63, 3.8) is 0 Å². The van der Waals surface area contributed by atoms with E-state index in [0.29, 0.717) is 38.9 Å². The van der Waals surface area contributed by atoms with E-state index in [1.54, 1.807) is 6.20 Å². The number of amides is 1. The third-order valence-electron chi connectivity index (χ3n) is 6.37. The van der Waals surface area contributed by atoms with Crippen LogP contribution in [-0.4, -0.2) is 61.4 Å². The van der Waals surface area contributed by atoms with Crippen LogP contribution in [0.15, 0.2) is 54.7 Å². The Labute approximate surface area is 211 Å². The Hall–Kier alpha value is -3.69. The summed E-state index contributed by atoms with van der Waals surface area (Å²) in [6, 6.07) is 15.7. The summed E-state index contributed by atoms with van der Waals surface area (Å²) < 4.78 is 11.4. The molecule has 3 N–H and O–H groups in total. The topological polar surface area (TPSA) is 101 Å². The highest BCUT2D eigenvalue weighted by Gasteiger charge is 2.18. The van der Waals surface area contributed by atoms with Gasteiger partial charge in [-0.3, -0.25) is 4.79 Å². The van der Waals surface area contributed by atoms with E-state index in [0.717, 1.165) is 53.5 Å². The Bertz CT molecular complexity index is 1180. The highest BCUT2D eigenvalue weighted by atomic mass is 16.5. The van der Waals surface area contributed by atoms with Crippen molar-refractivity contribution in [2.24, 2.45) is 0 Å². The maximum atomic E-state index is 12.6. The summed E-state index contributed by atoms with van der Waals surface area (Å²) in [5.41, 5.74) is 4.93. The SMILES string of the molecule is C[C@@H]1NCc2cc(ccc2N2CCOCC2)Nc2nccc(n2)-c2ccc(cc2)OCCCNC1=O. The van der Waals surface area contributed by atoms with E-state index in [1.165, 1.54) is 0 Å². The van der Waals surface area contributed by atoms with Gasteiger partial charge in [-0.05, 0) is 67.4 Å². The highest BCUT2D eigenvalue weighted by Crippen LogP contribution is 2.28. The van der Waals surface area contributed by atoms with Crippen molar-refractivity contribution in [2.45, 2.75) is 25.9 Å². The van der Waals surface area contributed by atoms with Crippen LogP contribution in [0.25, 0.3) is 11.3 Å². The monoisotopic (exact) mass is 488 g/mol. The van der Waals surface area contributed by atoms with Gasteiger partial charge in [0.05, 0.1) is 31.6 Å². The van der Waals surface area contributed by atoms with Crippen LogP contribution in [0.2, 0.25) is 0 Å². The lowest BCUT2D eigenvalue weighted by atomic mass is 10.1. The van der Waals surface area contributed by atoms with Crippen LogP contribution in [0, 0.1) is 0 Å². The van der Waals surface area contributed by atoms with E-state index in [9.17, 15) is 4.79 Å². The summed E-state index contributed by atoms with van der Waals surface area (Å²) in [5.74, 6) is 1.28. The van der Waals surface area contributed by atoms with E-state index in [1.807, 2.05) is 43.3 Å². The van der Waals surface area contributed by atoms with Gasteiger partial charge in [0, 0.05) is 49.3 Å². The zero-order valence-corrected chi connectivity index (χ0v) is 20.5. The Balaban J connectivity index is 1.45. The van der Waals surface area contributed by atoms with Crippen LogP contribution in [0.3, 0.4) is 0 Å². The molecule has 0 spiro atoms. The second-order valence-corrected chi connectivity index (χ2v) is 8.95. The Morgan fingerprint density at radius 3 is 2.69 bits per heavy atom. The van der Waals surface area contributed by atoms with Crippen molar-refractivity contribution in [1.29, 1.82) is 0 Å². The number of hydrogen-bond acceptors (Lipinski definition) is 8. The molecule has 0 aliphatic carbocycles. The molecule has 1 amide bonds. The van der Waals surface area contributed by atoms with Gasteiger partial charge in [0.25, 0.3) is 0 Å². The first kappa shape index (κ1) is 24.0. The number of carbonyl (C=O) groups excluding carboxylic acids is 1. The summed E-state index contributed by atoms with van der Waals surface area (Å²) in [7, 11) is 0. The predicted octanol–water partition coefficient (Wildman–Crippen LogP) is 3.10. The Kier molecular flexibility index (Phi) is 7.58. The molecule has 2 aromatic carbocycles. The summed E-state index contributed by atoms with van der Waals surface area (Å²) >= 11 is 0. The summed E-state index contributed by atoms with van der Waals surface area (Å²) in [4.78, 5) is 24.1. The van der Waals surface area contributed by atoms with Gasteiger partial charge in [-0.25, -0.2) is 9.97 Å². The normalized spacial score (nSPS) is 19.1. The molecular weight excluding hydrogens is 456 g/mol. The number of morpholine rings is 1. The van der Waals surface area contributed by atoms with E-state index in [-0.39, 0.29) is 11.9 Å². The molecule has 3 aromatic rings. The minimum absolute atomic E-state index is 0.0267. The average molecular weight is 489 g/mol. The number of carbonyl (C=O) groups is 1. The molecule has 6 rings (SSSR count). The van der Waals surface area contributed by atoms with Gasteiger partial charge in [0.1, 0.15) is 5.75 Å². The zero-order valence-electron chi connectivity index (χ0n) is 20.5. The second-order valence-electron chi connectivity index (χ2n) is 8.95. The number of fused-ring (bicyclic) bond motifs is 10. The first-order valence-electron chi connectivity index (χ1n) is 12.5. The molecule has 3 aliphatic heterocycles. The number of nitrogens with one attached hydrogen (secondary N) is 3. The third-order valence-corrected chi connectivity index (χ3v) is 6.37. The van der Waals surface area contributed by atoms with E-state index >= 15 is 0 Å². The summed E-state index contributed by atoms with van der Waals surface area (Å²) in [6.45, 7) is 6.60. The molecule has 1 aromatic heterocycles. The van der Waals surface area contributed by atoms with E-state index in [2.05, 4.69) is 38.0 Å². The minimum Gasteiger partial charge on any atom is -0.494 e. The molecule has 0 unspecified atom stereocenters. The van der Waals surface area contributed by atoms with E-state index in [4.69, 9.17) is 14.5 Å². The van der Waals surface area contributed by atoms with Gasteiger partial charge in [-0.2, -0.15) is 0 Å². The van der Waals surface area contributed by atoms with Crippen molar-refractivity contribution < 1.29 is 14.3 Å². The number of rotatable bonds is 1. The lowest BCUT2D eigenvalue weighted by Crippen LogP contribution is -2.42. The number of ether oxygens (including phenoxy) is 2. The molecule has 1 saturated heterocycles. The molecular formula is C27H32N6O3. The van der Waals surface area contributed by atoms with Crippen LogP contribution in [0.4, 0.5) is 17.3 Å². The number of anilines is 3. The standard InChI is InChI=1S/C27H32N6O3/c1-19-26(34)28-10-2-14-36-23-6-3-20(4-7-23)24-9-11-29-27(32-24)31-22-5-8-25(21(17-22)18-30-19)33-12-15-35-16-13-33/h3-9,11,17,19,30H,2,10,12-16,18H2,1H3,(H,28,34)(H,29,31,32)/t19-/m0/s1. The van der Waals surface area contributed by atoms with Crippen LogP contribution >= 0.6 is 0 Å². The van der Waals surface area contributed by atoms with Crippen LogP contribution < -0.4 is 25.6 Å². The fraction of sp³-hybridized carbons (Fsp3) is 0.370. The second kappa shape index (κ2) is 11.4. The quantitative estimate of drug-likeness (QED) is 0.481. The van der Waals surface area contributed by atoms with Crippen molar-refractivity contribution >= 4 is 23.2 Å². The van der Waals surface area contributed by atoms with Crippen molar-refractivity contribution in [1.82, 2.24) is 20.6 Å². The first-order chi connectivity index (χ1) is 17.7. The van der Waals surface area contributed by atoms with Crippen molar-refractivity contribution in [2.75, 3.05) is 49.7 Å². The molecule has 36 heavy (non-hydrogen) atoms. The number of aromatic nitrogens is 2. The molecule has 9 nitrogen and oxygen atoms in total. The lowest BCUT2D eigenvalue weighted by molar-refractivity contribution is -0.122. The van der Waals surface area contributed by atoms with Crippen molar-refractivity contribution in [3.8, 4) is 17.0 Å². The molecule has 1 atom stereocenters. The minimum atomic E-state index is -0.335. The van der Waals surface area contributed by atoms with Gasteiger partial charge in [-0.1, -0.05) is 0 Å². The van der Waals surface area contributed by atoms with Crippen LogP contribution in [-0.2, 0) is 16.1 Å². The molecule has 6 bridgehead atoms. The largest absolute Gasteiger partial charge is 0.494 e. The van der Waals surface area contributed by atoms with Gasteiger partial charge < -0.3 is 30.3 Å². The maximum absolute atomic E-state index is 12.6. The lowest BCUT2D eigenvalue weighted by Gasteiger charge is -2.31. The first-order valence-corrected chi connectivity index (χ1v) is 12.5. The predicted molar refractivity (Wildman–Crippen MR) is 140 cm³/mol. The smallest absolute Gasteiger partial charge is 0.236 e. The third kappa shape index (κ3) is 5.92. The number of hydrogen-bond donors (Lipinski definition) is 3. The van der Waals surface area contributed by atoms with E-state index < -0.39 is 0 Å². The number of benzene rings is 2. The molecule has 1 fully saturated rings. The molecule has 0 radical (unpaired) electrons. The van der Waals surface area contributed by atoms with Crippen molar-refractivity contribution in [3.05, 3.63) is 60.3 Å². The zero-order chi connectivity index (χ0) is 24.7. The average Bonchev–Trinajstić information content (AvgIpc) is 2.92. The highest BCUT2D eigenvalue weighted by molar-refractivity contribution is 5.81. The fourth-order valence-electron chi connectivity index (χ4n) is 4.33. The number of nitrogens with zero attached hydrogens (tertiary/aromatic N) is 3. The Morgan fingerprint density at radius 1 is 1.03 bits per heavy atom. The Morgan fingerprint density at radius 2 is 1.86 bits per heavy atom. The van der Waals surface area contributed by atoms with Crippen LogP contribution in [0.1, 0.15) is 18.9 Å². The summed E-state index contributed by atoms with van der Waals surface area (Å²) in [5, 5.41) is 9.73. The summed E-state index contributed by atoms with van der Waals surface area (Å²) in [6.07, 6.45) is 2.48. The van der Waals surface area contributed by atoms with Gasteiger partial charge in [-0.15, -0.1) is 0 Å². The molecule has 188 valence electrons. The molecule has 9 heteroatoms. The molecule has 3 aliphatic rings.